The number of ketones is 1. The number of carbonyl (C=O) groups is 1. The molecule has 2 aromatic rings. The average Bonchev–Trinajstić information content (AvgIpc) is 2.82. The summed E-state index contributed by atoms with van der Waals surface area (Å²) in [6.07, 6.45) is 1.67. The maximum Gasteiger partial charge on any atom is 0.204 e. The van der Waals surface area contributed by atoms with Gasteiger partial charge in [0.2, 0.25) is 5.75 Å². The number of fused-ring (bicyclic) bond motifs is 1. The number of allylic oxidation sites excluding steroid dienone is 2. The summed E-state index contributed by atoms with van der Waals surface area (Å²) in [7, 11) is 6.10. The maximum atomic E-state index is 13.3. The van der Waals surface area contributed by atoms with Gasteiger partial charge in [0.1, 0.15) is 22.8 Å². The van der Waals surface area contributed by atoms with Crippen LogP contribution in [0.15, 0.2) is 38.7 Å². The second-order valence-corrected chi connectivity index (χ2v) is 7.54. The van der Waals surface area contributed by atoms with Crippen LogP contribution in [0.1, 0.15) is 56.2 Å². The number of hydrogen-bond donors (Lipinski definition) is 0. The third-order valence-corrected chi connectivity index (χ3v) is 6.33. The zero-order valence-corrected chi connectivity index (χ0v) is 19.7. The van der Waals surface area contributed by atoms with Gasteiger partial charge in [-0.2, -0.15) is 0 Å². The largest absolute Gasteiger partial charge is 0.500 e. The number of methoxy groups -OCH3 is 4. The smallest absolute Gasteiger partial charge is 0.204 e. The Morgan fingerprint density at radius 2 is 1.53 bits per heavy atom. The minimum Gasteiger partial charge on any atom is -0.500 e. The van der Waals surface area contributed by atoms with Crippen molar-refractivity contribution in [1.29, 1.82) is 0 Å². The summed E-state index contributed by atoms with van der Waals surface area (Å²) in [4.78, 5) is 26.5. The molecule has 0 saturated heterocycles. The van der Waals surface area contributed by atoms with E-state index < -0.39 is 10.8 Å². The fraction of sp³-hybridized carbons (Fsp3) is 0.440. The van der Waals surface area contributed by atoms with Crippen molar-refractivity contribution in [1.82, 2.24) is 0 Å². The van der Waals surface area contributed by atoms with Gasteiger partial charge in [0.15, 0.2) is 22.7 Å². The molecule has 7 heteroatoms. The predicted molar refractivity (Wildman–Crippen MR) is 121 cm³/mol. The second-order valence-electron chi connectivity index (χ2n) is 7.54. The van der Waals surface area contributed by atoms with Crippen molar-refractivity contribution < 1.29 is 28.2 Å². The third-order valence-electron chi connectivity index (χ3n) is 6.33. The SMILES string of the molecule is CCC1=C(OC)C(CC)(CC)c2oc(-c3ccc(OC)c(OC)c3OC)cc(=O)c2C1=O. The topological polar surface area (TPSA) is 84.2 Å². The number of carbonyl (C=O) groups excluding carboxylic acids is 1. The molecule has 32 heavy (non-hydrogen) atoms. The van der Waals surface area contributed by atoms with E-state index in [1.165, 1.54) is 27.4 Å². The van der Waals surface area contributed by atoms with Crippen molar-refractivity contribution >= 4 is 5.78 Å². The van der Waals surface area contributed by atoms with Gasteiger partial charge < -0.3 is 23.4 Å². The molecule has 0 spiro atoms. The number of hydrogen-bond acceptors (Lipinski definition) is 7. The highest BCUT2D eigenvalue weighted by molar-refractivity contribution is 6.11. The normalized spacial score (nSPS) is 14.8. The first-order valence-electron chi connectivity index (χ1n) is 10.7. The van der Waals surface area contributed by atoms with Crippen LogP contribution in [0.2, 0.25) is 0 Å². The molecule has 1 aliphatic rings. The van der Waals surface area contributed by atoms with E-state index in [-0.39, 0.29) is 17.1 Å². The molecular weight excluding hydrogens is 412 g/mol. The van der Waals surface area contributed by atoms with E-state index in [9.17, 15) is 9.59 Å². The van der Waals surface area contributed by atoms with E-state index in [0.29, 0.717) is 59.2 Å². The van der Waals surface area contributed by atoms with E-state index in [1.54, 1.807) is 19.2 Å². The average molecular weight is 443 g/mol. The van der Waals surface area contributed by atoms with Gasteiger partial charge in [-0.15, -0.1) is 0 Å². The quantitative estimate of drug-likeness (QED) is 0.575. The molecule has 7 nitrogen and oxygen atoms in total. The third kappa shape index (κ3) is 3.27. The molecule has 0 unspecified atom stereocenters. The Balaban J connectivity index is 2.39. The first kappa shape index (κ1) is 23.4. The van der Waals surface area contributed by atoms with E-state index in [4.69, 9.17) is 23.4 Å². The van der Waals surface area contributed by atoms with Gasteiger partial charge in [-0.25, -0.2) is 0 Å². The lowest BCUT2D eigenvalue weighted by Gasteiger charge is -2.37. The second kappa shape index (κ2) is 9.10. The minimum atomic E-state index is -0.720. The van der Waals surface area contributed by atoms with Crippen LogP contribution in [0.3, 0.4) is 0 Å². The summed E-state index contributed by atoms with van der Waals surface area (Å²) in [5.74, 6) is 2.08. The highest BCUT2D eigenvalue weighted by atomic mass is 16.5. The zero-order valence-electron chi connectivity index (χ0n) is 19.7. The zero-order chi connectivity index (χ0) is 23.6. The van der Waals surface area contributed by atoms with Crippen LogP contribution >= 0.6 is 0 Å². The van der Waals surface area contributed by atoms with E-state index in [2.05, 4.69) is 0 Å². The van der Waals surface area contributed by atoms with Crippen molar-refractivity contribution in [2.75, 3.05) is 28.4 Å². The summed E-state index contributed by atoms with van der Waals surface area (Å²) >= 11 is 0. The Labute approximate surface area is 187 Å². The van der Waals surface area contributed by atoms with Crippen LogP contribution in [0.4, 0.5) is 0 Å². The molecule has 3 rings (SSSR count). The van der Waals surface area contributed by atoms with Crippen molar-refractivity contribution in [2.24, 2.45) is 0 Å². The highest BCUT2D eigenvalue weighted by Gasteiger charge is 2.48. The van der Waals surface area contributed by atoms with Gasteiger partial charge in [-0.1, -0.05) is 20.8 Å². The minimum absolute atomic E-state index is 0.0783. The standard InChI is InChI=1S/C25H30O7/c1-8-14-20(27)19-16(26)13-18(32-24(19)25(9-2,10-3)23(14)31-7)15-11-12-17(28-4)22(30-6)21(15)29-5/h11-13H,8-10H2,1-7H3. The molecule has 0 atom stereocenters. The Morgan fingerprint density at radius 1 is 0.875 bits per heavy atom. The molecule has 0 N–H and O–H groups in total. The van der Waals surface area contributed by atoms with E-state index in [0.717, 1.165) is 0 Å². The molecule has 1 aliphatic carbocycles. The maximum absolute atomic E-state index is 13.3. The van der Waals surface area contributed by atoms with Crippen molar-refractivity contribution in [2.45, 2.75) is 45.4 Å². The summed E-state index contributed by atoms with van der Waals surface area (Å²) in [5.41, 5.74) is 0.00256. The molecule has 0 amide bonds. The Kier molecular flexibility index (Phi) is 6.67. The lowest BCUT2D eigenvalue weighted by Crippen LogP contribution is -2.39. The van der Waals surface area contributed by atoms with Gasteiger partial charge >= 0.3 is 0 Å². The molecule has 172 valence electrons. The molecule has 0 bridgehead atoms. The van der Waals surface area contributed by atoms with E-state index in [1.807, 2.05) is 20.8 Å². The van der Waals surface area contributed by atoms with Gasteiger partial charge in [-0.05, 0) is 31.4 Å². The lowest BCUT2D eigenvalue weighted by atomic mass is 9.69. The number of Topliss-reactive ketones (excluding diaryl/α,β-unsaturated/α-hetero) is 1. The van der Waals surface area contributed by atoms with Gasteiger partial charge in [0.05, 0.1) is 39.4 Å². The lowest BCUT2D eigenvalue weighted by molar-refractivity contribution is 0.0975. The van der Waals surface area contributed by atoms with Crippen molar-refractivity contribution in [3.8, 4) is 28.6 Å². The predicted octanol–water partition coefficient (Wildman–Crippen LogP) is 4.90. The van der Waals surface area contributed by atoms with Crippen LogP contribution in [0.25, 0.3) is 11.3 Å². The number of ether oxygens (including phenoxy) is 4. The Bertz CT molecular complexity index is 1120. The molecule has 0 saturated carbocycles. The molecule has 1 heterocycles. The van der Waals surface area contributed by atoms with Crippen LogP contribution in [-0.2, 0) is 10.2 Å². The molecule has 1 aromatic carbocycles. The molecule has 0 radical (unpaired) electrons. The first-order valence-corrected chi connectivity index (χ1v) is 10.7. The van der Waals surface area contributed by atoms with Crippen molar-refractivity contribution in [3.63, 3.8) is 0 Å². The molecule has 0 fully saturated rings. The fourth-order valence-electron chi connectivity index (χ4n) is 4.65. The molecule has 0 aliphatic heterocycles. The van der Waals surface area contributed by atoms with Gasteiger partial charge in [0.25, 0.3) is 0 Å². The van der Waals surface area contributed by atoms with Crippen LogP contribution in [0, 0.1) is 0 Å². The Morgan fingerprint density at radius 3 is 2.03 bits per heavy atom. The van der Waals surface area contributed by atoms with Crippen LogP contribution < -0.4 is 19.6 Å². The summed E-state index contributed by atoms with van der Waals surface area (Å²) in [5, 5.41) is 0. The summed E-state index contributed by atoms with van der Waals surface area (Å²) in [6, 6.07) is 4.78. The fourth-order valence-corrected chi connectivity index (χ4v) is 4.65. The van der Waals surface area contributed by atoms with Gasteiger partial charge in [0, 0.05) is 11.6 Å². The van der Waals surface area contributed by atoms with Crippen LogP contribution in [0.5, 0.6) is 17.2 Å². The monoisotopic (exact) mass is 442 g/mol. The van der Waals surface area contributed by atoms with Gasteiger partial charge in [-0.3, -0.25) is 9.59 Å². The Hall–Kier alpha value is -3.22. The van der Waals surface area contributed by atoms with E-state index >= 15 is 0 Å². The highest BCUT2D eigenvalue weighted by Crippen LogP contribution is 2.49. The van der Waals surface area contributed by atoms with Crippen molar-refractivity contribution in [3.05, 3.63) is 51.1 Å². The van der Waals surface area contributed by atoms with Crippen LogP contribution in [-0.4, -0.2) is 34.2 Å². The first-order chi connectivity index (χ1) is 15.4. The number of rotatable bonds is 8. The molecular formula is C25H30O7. The summed E-state index contributed by atoms with van der Waals surface area (Å²) < 4.78 is 28.5. The number of benzene rings is 1. The summed E-state index contributed by atoms with van der Waals surface area (Å²) in [6.45, 7) is 5.88. The molecule has 1 aromatic heterocycles.